The summed E-state index contributed by atoms with van der Waals surface area (Å²) in [6.45, 7) is 8.62. The lowest BCUT2D eigenvalue weighted by atomic mass is 10.2. The Hall–Kier alpha value is -2.00. The Morgan fingerprint density at radius 2 is 1.81 bits per heavy atom. The highest BCUT2D eigenvalue weighted by atomic mass is 127. The van der Waals surface area contributed by atoms with Crippen LogP contribution in [-0.2, 0) is 6.54 Å². The van der Waals surface area contributed by atoms with Crippen LogP contribution in [0.1, 0.15) is 37.1 Å². The maximum atomic E-state index is 5.73. The predicted molar refractivity (Wildman–Crippen MR) is 138 cm³/mol. The van der Waals surface area contributed by atoms with E-state index in [1.54, 1.807) is 6.26 Å². The number of furan rings is 1. The summed E-state index contributed by atoms with van der Waals surface area (Å²) in [5, 5.41) is 6.91. The van der Waals surface area contributed by atoms with E-state index in [1.165, 1.54) is 24.1 Å². The van der Waals surface area contributed by atoms with Crippen LogP contribution in [-0.4, -0.2) is 50.1 Å². The van der Waals surface area contributed by atoms with Crippen molar-refractivity contribution in [1.82, 2.24) is 15.5 Å². The van der Waals surface area contributed by atoms with E-state index < -0.39 is 0 Å². The monoisotopic (exact) mass is 535 g/mol. The molecule has 168 valence electrons. The van der Waals surface area contributed by atoms with Crippen LogP contribution in [0.4, 0.5) is 5.69 Å². The standard InChI is InChI=1S/C24H33N5O.HI/c1-2-25-24(26-18-20-9-11-21(12-10-20)28-13-3-4-14-28)27-19-22(23-8-7-17-30-23)29-15-5-6-16-29;/h3-4,7-12,17,22H,2,5-6,13-16,18-19H2,1H3,(H2,25,26,27);1H. The number of rotatable bonds is 8. The van der Waals surface area contributed by atoms with Gasteiger partial charge < -0.3 is 20.0 Å². The topological polar surface area (TPSA) is 56.0 Å². The van der Waals surface area contributed by atoms with Crippen molar-refractivity contribution in [2.24, 2.45) is 4.99 Å². The zero-order valence-corrected chi connectivity index (χ0v) is 20.6. The molecule has 0 aliphatic carbocycles. The third kappa shape index (κ3) is 6.49. The van der Waals surface area contributed by atoms with Crippen molar-refractivity contribution in [2.45, 2.75) is 32.4 Å². The minimum atomic E-state index is 0. The van der Waals surface area contributed by atoms with Crippen molar-refractivity contribution in [3.63, 3.8) is 0 Å². The number of aliphatic imine (C=N–C) groups is 1. The number of anilines is 1. The number of hydrogen-bond acceptors (Lipinski definition) is 4. The fourth-order valence-corrected chi connectivity index (χ4v) is 4.15. The van der Waals surface area contributed by atoms with Gasteiger partial charge in [-0.25, -0.2) is 4.99 Å². The Morgan fingerprint density at radius 1 is 1.06 bits per heavy atom. The first-order valence-electron chi connectivity index (χ1n) is 11.1. The first kappa shape index (κ1) is 23.7. The highest BCUT2D eigenvalue weighted by molar-refractivity contribution is 14.0. The Kier molecular flexibility index (Phi) is 9.27. The van der Waals surface area contributed by atoms with E-state index in [-0.39, 0.29) is 30.0 Å². The lowest BCUT2D eigenvalue weighted by Crippen LogP contribution is -2.42. The van der Waals surface area contributed by atoms with Crippen LogP contribution in [0.5, 0.6) is 0 Å². The van der Waals surface area contributed by atoms with Crippen LogP contribution in [0.3, 0.4) is 0 Å². The van der Waals surface area contributed by atoms with Gasteiger partial charge in [0.1, 0.15) is 5.76 Å². The summed E-state index contributed by atoms with van der Waals surface area (Å²) in [5.74, 6) is 1.87. The van der Waals surface area contributed by atoms with Crippen molar-refractivity contribution >= 4 is 35.6 Å². The number of hydrogen-bond donors (Lipinski definition) is 2. The Balaban J connectivity index is 0.00000272. The van der Waals surface area contributed by atoms with Gasteiger partial charge >= 0.3 is 0 Å². The molecule has 1 unspecified atom stereocenters. The summed E-state index contributed by atoms with van der Waals surface area (Å²) in [5.41, 5.74) is 2.48. The van der Waals surface area contributed by atoms with Crippen LogP contribution in [0.25, 0.3) is 0 Å². The van der Waals surface area contributed by atoms with Gasteiger partial charge in [0.2, 0.25) is 0 Å². The minimum absolute atomic E-state index is 0. The van der Waals surface area contributed by atoms with Gasteiger partial charge in [0, 0.05) is 31.9 Å². The smallest absolute Gasteiger partial charge is 0.191 e. The van der Waals surface area contributed by atoms with Crippen LogP contribution < -0.4 is 15.5 Å². The molecule has 0 bridgehead atoms. The molecule has 1 aromatic heterocycles. The molecule has 2 aliphatic heterocycles. The van der Waals surface area contributed by atoms with E-state index in [0.717, 1.165) is 51.0 Å². The van der Waals surface area contributed by atoms with Crippen molar-refractivity contribution < 1.29 is 4.42 Å². The number of benzene rings is 1. The summed E-state index contributed by atoms with van der Waals surface area (Å²) < 4.78 is 5.73. The molecule has 4 rings (SSSR count). The molecular formula is C24H34IN5O. The molecule has 2 aromatic rings. The lowest BCUT2D eigenvalue weighted by Gasteiger charge is -2.26. The van der Waals surface area contributed by atoms with Crippen LogP contribution >= 0.6 is 24.0 Å². The Morgan fingerprint density at radius 3 is 2.45 bits per heavy atom. The zero-order valence-electron chi connectivity index (χ0n) is 18.3. The molecule has 2 aliphatic rings. The maximum absolute atomic E-state index is 5.73. The quantitative estimate of drug-likeness (QED) is 0.230. The summed E-state index contributed by atoms with van der Waals surface area (Å²) in [4.78, 5) is 9.66. The van der Waals surface area contributed by atoms with Gasteiger partial charge in [-0.15, -0.1) is 24.0 Å². The summed E-state index contributed by atoms with van der Waals surface area (Å²) in [6, 6.07) is 13.0. The normalized spacial score (nSPS) is 17.6. The third-order valence-electron chi connectivity index (χ3n) is 5.80. The SMILES string of the molecule is CCNC(=NCc1ccc(N2CC=CC2)cc1)NCC(c1ccco1)N1CCCC1.I. The number of guanidine groups is 1. The Labute approximate surface area is 202 Å². The van der Waals surface area contributed by atoms with Gasteiger partial charge in [0.15, 0.2) is 5.96 Å². The average molecular weight is 535 g/mol. The van der Waals surface area contributed by atoms with Crippen molar-refractivity contribution in [2.75, 3.05) is 44.2 Å². The molecular weight excluding hydrogens is 501 g/mol. The van der Waals surface area contributed by atoms with Crippen LogP contribution in [0, 0.1) is 0 Å². The van der Waals surface area contributed by atoms with E-state index in [0.29, 0.717) is 6.54 Å². The minimum Gasteiger partial charge on any atom is -0.468 e. The molecule has 0 saturated carbocycles. The molecule has 0 spiro atoms. The van der Waals surface area contributed by atoms with Crippen molar-refractivity contribution in [1.29, 1.82) is 0 Å². The van der Waals surface area contributed by atoms with E-state index in [2.05, 4.69) is 69.8 Å². The number of nitrogens with one attached hydrogen (secondary N) is 2. The first-order valence-corrected chi connectivity index (χ1v) is 11.1. The van der Waals surface area contributed by atoms with Crippen LogP contribution in [0.15, 0.2) is 64.2 Å². The molecule has 31 heavy (non-hydrogen) atoms. The number of halogens is 1. The lowest BCUT2D eigenvalue weighted by molar-refractivity contribution is 0.215. The fraction of sp³-hybridized carbons (Fsp3) is 0.458. The molecule has 2 N–H and O–H groups in total. The molecule has 0 amide bonds. The van der Waals surface area contributed by atoms with Crippen LogP contribution in [0.2, 0.25) is 0 Å². The van der Waals surface area contributed by atoms with Gasteiger partial charge in [-0.2, -0.15) is 0 Å². The second-order valence-corrected chi connectivity index (χ2v) is 7.89. The van der Waals surface area contributed by atoms with Gasteiger partial charge in [0.25, 0.3) is 0 Å². The molecule has 6 nitrogen and oxygen atoms in total. The second kappa shape index (κ2) is 12.1. The van der Waals surface area contributed by atoms with E-state index >= 15 is 0 Å². The fourth-order valence-electron chi connectivity index (χ4n) is 4.15. The van der Waals surface area contributed by atoms with E-state index in [1.807, 2.05) is 6.07 Å². The Bertz CT molecular complexity index is 820. The molecule has 1 atom stereocenters. The van der Waals surface area contributed by atoms with Gasteiger partial charge in [-0.3, -0.25) is 4.90 Å². The van der Waals surface area contributed by atoms with Gasteiger partial charge in [-0.05, 0) is 62.7 Å². The number of likely N-dealkylation sites (tertiary alicyclic amines) is 1. The summed E-state index contributed by atoms with van der Waals surface area (Å²) >= 11 is 0. The zero-order chi connectivity index (χ0) is 20.6. The molecule has 0 radical (unpaired) electrons. The van der Waals surface area contributed by atoms with Gasteiger partial charge in [0.05, 0.1) is 18.8 Å². The molecule has 7 heteroatoms. The highest BCUT2D eigenvalue weighted by Gasteiger charge is 2.25. The van der Waals surface area contributed by atoms with E-state index in [4.69, 9.17) is 9.41 Å². The molecule has 3 heterocycles. The van der Waals surface area contributed by atoms with E-state index in [9.17, 15) is 0 Å². The molecule has 1 saturated heterocycles. The number of nitrogens with zero attached hydrogens (tertiary/aromatic N) is 3. The second-order valence-electron chi connectivity index (χ2n) is 7.89. The van der Waals surface area contributed by atoms with Gasteiger partial charge in [-0.1, -0.05) is 24.3 Å². The largest absolute Gasteiger partial charge is 0.468 e. The first-order chi connectivity index (χ1) is 14.8. The summed E-state index contributed by atoms with van der Waals surface area (Å²) in [6.07, 6.45) is 8.71. The highest BCUT2D eigenvalue weighted by Crippen LogP contribution is 2.25. The molecule has 1 fully saturated rings. The van der Waals surface area contributed by atoms with Crippen molar-refractivity contribution in [3.8, 4) is 0 Å². The third-order valence-corrected chi connectivity index (χ3v) is 5.80. The average Bonchev–Trinajstić information content (AvgIpc) is 3.56. The predicted octanol–water partition coefficient (Wildman–Crippen LogP) is 4.17. The van der Waals surface area contributed by atoms with Crippen molar-refractivity contribution in [3.05, 3.63) is 66.1 Å². The maximum Gasteiger partial charge on any atom is 0.191 e. The summed E-state index contributed by atoms with van der Waals surface area (Å²) in [7, 11) is 0. The molecule has 1 aromatic carbocycles.